The number of ether oxygens (including phenoxy) is 1. The number of aromatic nitrogens is 1. The van der Waals surface area contributed by atoms with Gasteiger partial charge in [0.25, 0.3) is 5.56 Å². The second kappa shape index (κ2) is 5.90. The zero-order chi connectivity index (χ0) is 14.9. The molecule has 1 aromatic heterocycles. The number of halogens is 3. The van der Waals surface area contributed by atoms with Crippen molar-refractivity contribution in [1.82, 2.24) is 4.57 Å². The molecule has 0 atom stereocenters. The molecule has 6 heteroatoms. The van der Waals surface area contributed by atoms with Gasteiger partial charge in [-0.2, -0.15) is 0 Å². The number of pyridine rings is 1. The van der Waals surface area contributed by atoms with Gasteiger partial charge in [0, 0.05) is 19.2 Å². The molecule has 0 amide bonds. The van der Waals surface area contributed by atoms with E-state index in [1.165, 1.54) is 23.7 Å². The molecule has 0 N–H and O–H groups in total. The summed E-state index contributed by atoms with van der Waals surface area (Å²) in [6.07, 6.45) is 0. The van der Waals surface area contributed by atoms with E-state index in [2.05, 4.69) is 0 Å². The van der Waals surface area contributed by atoms with Crippen LogP contribution in [0, 0.1) is 15.2 Å². The van der Waals surface area contributed by atoms with Crippen molar-refractivity contribution >= 4 is 22.6 Å². The molecule has 3 nitrogen and oxygen atoms in total. The third-order valence-corrected chi connectivity index (χ3v) is 3.66. The van der Waals surface area contributed by atoms with E-state index in [4.69, 9.17) is 4.74 Å². The second-order valence-corrected chi connectivity index (χ2v) is 5.29. The quantitative estimate of drug-likeness (QED) is 0.752. The van der Waals surface area contributed by atoms with Gasteiger partial charge < -0.3 is 9.30 Å². The summed E-state index contributed by atoms with van der Waals surface area (Å²) < 4.78 is 35.0. The molecular formula is C14H12F2INO2. The summed E-state index contributed by atoms with van der Waals surface area (Å²) in [5, 5.41) is 0. The highest BCUT2D eigenvalue weighted by molar-refractivity contribution is 14.1. The Balaban J connectivity index is 2.65. The largest absolute Gasteiger partial charge is 0.494 e. The SMILES string of the molecule is CCOc1cc(F)c(-c2ccc(I)c(=O)n2C)c(F)c1. The highest BCUT2D eigenvalue weighted by Gasteiger charge is 2.17. The topological polar surface area (TPSA) is 31.2 Å². The van der Waals surface area contributed by atoms with E-state index in [1.54, 1.807) is 6.92 Å². The van der Waals surface area contributed by atoms with E-state index >= 15 is 0 Å². The van der Waals surface area contributed by atoms with E-state index in [0.717, 1.165) is 12.1 Å². The van der Waals surface area contributed by atoms with E-state index in [0.29, 0.717) is 10.2 Å². The van der Waals surface area contributed by atoms with Crippen molar-refractivity contribution in [3.63, 3.8) is 0 Å². The first-order valence-electron chi connectivity index (χ1n) is 5.93. The third kappa shape index (κ3) is 2.70. The number of rotatable bonds is 3. The minimum absolute atomic E-state index is 0.127. The summed E-state index contributed by atoms with van der Waals surface area (Å²) in [6.45, 7) is 2.05. The fourth-order valence-corrected chi connectivity index (χ4v) is 2.44. The van der Waals surface area contributed by atoms with Crippen molar-refractivity contribution < 1.29 is 13.5 Å². The Morgan fingerprint density at radius 1 is 1.25 bits per heavy atom. The lowest BCUT2D eigenvalue weighted by molar-refractivity contribution is 0.336. The minimum atomic E-state index is -0.760. The van der Waals surface area contributed by atoms with Crippen LogP contribution in [0.2, 0.25) is 0 Å². The Morgan fingerprint density at radius 2 is 1.85 bits per heavy atom. The van der Waals surface area contributed by atoms with E-state index < -0.39 is 11.6 Å². The zero-order valence-electron chi connectivity index (χ0n) is 10.9. The van der Waals surface area contributed by atoms with E-state index in [1.807, 2.05) is 22.6 Å². The molecule has 0 bridgehead atoms. The fraction of sp³-hybridized carbons (Fsp3) is 0.214. The molecule has 0 saturated carbocycles. The van der Waals surface area contributed by atoms with Crippen molar-refractivity contribution in [1.29, 1.82) is 0 Å². The van der Waals surface area contributed by atoms with Gasteiger partial charge in [0.2, 0.25) is 0 Å². The molecule has 2 aromatic rings. The molecule has 0 aliphatic rings. The van der Waals surface area contributed by atoms with Crippen LogP contribution in [0.4, 0.5) is 8.78 Å². The number of hydrogen-bond donors (Lipinski definition) is 0. The maximum Gasteiger partial charge on any atom is 0.264 e. The van der Waals surface area contributed by atoms with E-state index in [9.17, 15) is 13.6 Å². The van der Waals surface area contributed by atoms with Crippen LogP contribution in [0.3, 0.4) is 0 Å². The smallest absolute Gasteiger partial charge is 0.264 e. The summed E-state index contributed by atoms with van der Waals surface area (Å²) >= 11 is 1.88. The molecule has 0 aliphatic heterocycles. The van der Waals surface area contributed by atoms with Gasteiger partial charge in [-0.15, -0.1) is 0 Å². The van der Waals surface area contributed by atoms with Crippen LogP contribution >= 0.6 is 22.6 Å². The first kappa shape index (κ1) is 15.0. The predicted octanol–water partition coefficient (Wildman–Crippen LogP) is 3.33. The molecule has 1 aromatic carbocycles. The number of benzene rings is 1. The molecule has 0 spiro atoms. The maximum atomic E-state index is 14.1. The fourth-order valence-electron chi connectivity index (χ4n) is 1.90. The number of nitrogens with zero attached hydrogens (tertiary/aromatic N) is 1. The van der Waals surface area contributed by atoms with Gasteiger partial charge in [-0.3, -0.25) is 4.79 Å². The summed E-state index contributed by atoms with van der Waals surface area (Å²) in [5.74, 6) is -1.39. The van der Waals surface area contributed by atoms with Crippen LogP contribution in [0.5, 0.6) is 5.75 Å². The first-order valence-corrected chi connectivity index (χ1v) is 7.01. The average Bonchev–Trinajstić information content (AvgIpc) is 2.38. The first-order chi connectivity index (χ1) is 9.45. The molecular weight excluding hydrogens is 379 g/mol. The van der Waals surface area contributed by atoms with Crippen LogP contribution < -0.4 is 10.3 Å². The normalized spacial score (nSPS) is 10.7. The van der Waals surface area contributed by atoms with Crippen LogP contribution in [-0.2, 0) is 7.05 Å². The van der Waals surface area contributed by atoms with Crippen LogP contribution in [0.1, 0.15) is 6.92 Å². The van der Waals surface area contributed by atoms with Crippen LogP contribution in [-0.4, -0.2) is 11.2 Å². The van der Waals surface area contributed by atoms with Crippen LogP contribution in [0.15, 0.2) is 29.1 Å². The highest BCUT2D eigenvalue weighted by atomic mass is 127. The molecule has 0 fully saturated rings. The summed E-state index contributed by atoms with van der Waals surface area (Å²) in [6, 6.07) is 5.29. The lowest BCUT2D eigenvalue weighted by Crippen LogP contribution is -2.21. The second-order valence-electron chi connectivity index (χ2n) is 4.13. The standard InChI is InChI=1S/C14H12F2INO2/c1-3-20-8-6-9(15)13(10(16)7-8)12-5-4-11(17)14(19)18(12)2/h4-7H,3H2,1-2H3. The Kier molecular flexibility index (Phi) is 4.42. The monoisotopic (exact) mass is 391 g/mol. The maximum absolute atomic E-state index is 14.1. The van der Waals surface area contributed by atoms with Crippen molar-refractivity contribution in [2.75, 3.05) is 6.61 Å². The van der Waals surface area contributed by atoms with Crippen molar-refractivity contribution in [3.05, 3.63) is 49.8 Å². The Labute approximate surface area is 128 Å². The van der Waals surface area contributed by atoms with Gasteiger partial charge in [-0.25, -0.2) is 8.78 Å². The van der Waals surface area contributed by atoms with Crippen molar-refractivity contribution in [3.8, 4) is 17.0 Å². The molecule has 1 heterocycles. The average molecular weight is 391 g/mol. The van der Waals surface area contributed by atoms with Crippen molar-refractivity contribution in [2.24, 2.45) is 7.05 Å². The highest BCUT2D eigenvalue weighted by Crippen LogP contribution is 2.29. The van der Waals surface area contributed by atoms with E-state index in [-0.39, 0.29) is 22.6 Å². The van der Waals surface area contributed by atoms with Gasteiger partial charge in [0.1, 0.15) is 17.4 Å². The molecule has 20 heavy (non-hydrogen) atoms. The van der Waals surface area contributed by atoms with Gasteiger partial charge in [-0.05, 0) is 41.6 Å². The summed E-state index contributed by atoms with van der Waals surface area (Å²) in [4.78, 5) is 11.8. The lowest BCUT2D eigenvalue weighted by Gasteiger charge is -2.12. The Morgan fingerprint density at radius 3 is 2.40 bits per heavy atom. The van der Waals surface area contributed by atoms with Crippen molar-refractivity contribution in [2.45, 2.75) is 6.92 Å². The Bertz CT molecular complexity index is 690. The summed E-state index contributed by atoms with van der Waals surface area (Å²) in [5.41, 5.74) is -0.339. The van der Waals surface area contributed by atoms with Gasteiger partial charge in [-0.1, -0.05) is 0 Å². The summed E-state index contributed by atoms with van der Waals surface area (Å²) in [7, 11) is 1.48. The minimum Gasteiger partial charge on any atom is -0.494 e. The van der Waals surface area contributed by atoms with Gasteiger partial charge in [0.15, 0.2) is 0 Å². The van der Waals surface area contributed by atoms with Gasteiger partial charge >= 0.3 is 0 Å². The molecule has 0 aliphatic carbocycles. The third-order valence-electron chi connectivity index (χ3n) is 2.84. The number of hydrogen-bond acceptors (Lipinski definition) is 2. The zero-order valence-corrected chi connectivity index (χ0v) is 13.1. The molecule has 2 rings (SSSR count). The molecule has 106 valence electrons. The van der Waals surface area contributed by atoms with Crippen LogP contribution in [0.25, 0.3) is 11.3 Å². The molecule has 0 unspecified atom stereocenters. The molecule has 0 radical (unpaired) electrons. The Hall–Kier alpha value is -1.44. The molecule has 0 saturated heterocycles. The predicted molar refractivity (Wildman–Crippen MR) is 80.9 cm³/mol. The lowest BCUT2D eigenvalue weighted by atomic mass is 10.1. The van der Waals surface area contributed by atoms with Gasteiger partial charge in [0.05, 0.1) is 21.4 Å².